The van der Waals surface area contributed by atoms with Gasteiger partial charge in [0.05, 0.1) is 18.2 Å². The molecule has 0 heterocycles. The van der Waals surface area contributed by atoms with Crippen LogP contribution in [0.1, 0.15) is 12.5 Å². The van der Waals surface area contributed by atoms with E-state index < -0.39 is 17.6 Å². The van der Waals surface area contributed by atoms with E-state index in [0.717, 1.165) is 0 Å². The van der Waals surface area contributed by atoms with Gasteiger partial charge in [-0.2, -0.15) is 5.26 Å². The van der Waals surface area contributed by atoms with Crippen LogP contribution in [-0.4, -0.2) is 32.1 Å². The topological polar surface area (TPSA) is 110 Å². The summed E-state index contributed by atoms with van der Waals surface area (Å²) in [5, 5.41) is 14.8. The summed E-state index contributed by atoms with van der Waals surface area (Å²) in [4.78, 5) is 24.9. The first-order valence-electron chi connectivity index (χ1n) is 11.0. The summed E-state index contributed by atoms with van der Waals surface area (Å²) >= 11 is 3.38. The van der Waals surface area contributed by atoms with E-state index in [4.69, 9.17) is 14.2 Å². The third-order valence-corrected chi connectivity index (χ3v) is 5.42. The minimum absolute atomic E-state index is 0.129. The second kappa shape index (κ2) is 13.1. The highest BCUT2D eigenvalue weighted by atomic mass is 79.9. The van der Waals surface area contributed by atoms with Crippen LogP contribution in [-0.2, 0) is 9.59 Å². The van der Waals surface area contributed by atoms with Gasteiger partial charge in [0, 0.05) is 11.4 Å². The van der Waals surface area contributed by atoms with E-state index >= 15 is 0 Å². The van der Waals surface area contributed by atoms with Gasteiger partial charge in [-0.25, -0.2) is 4.39 Å². The molecule has 3 rings (SSSR count). The third kappa shape index (κ3) is 7.81. The number of carbonyl (C=O) groups excluding carboxylic acids is 2. The van der Waals surface area contributed by atoms with Crippen molar-refractivity contribution >= 4 is 45.2 Å². The standard InChI is InChI=1S/C27H23BrFN3O5/c1-3-36-22-10-8-21(9-11-22)32-27(34)18(15-30)12-17-13-23(28)26(24(14-17)35-2)37-16-25(33)31-20-6-4-19(29)5-7-20/h4-14H,3,16H2,1-2H3,(H,31,33)(H,32,34)/b18-12+. The number of benzene rings is 3. The van der Waals surface area contributed by atoms with Crippen LogP contribution >= 0.6 is 15.9 Å². The molecule has 37 heavy (non-hydrogen) atoms. The van der Waals surface area contributed by atoms with Crippen molar-refractivity contribution in [2.75, 3.05) is 31.0 Å². The molecule has 0 spiro atoms. The van der Waals surface area contributed by atoms with Gasteiger partial charge < -0.3 is 24.8 Å². The maximum Gasteiger partial charge on any atom is 0.266 e. The molecule has 0 unspecified atom stereocenters. The van der Waals surface area contributed by atoms with Gasteiger partial charge in [-0.3, -0.25) is 9.59 Å². The summed E-state index contributed by atoms with van der Waals surface area (Å²) in [5.41, 5.74) is 1.30. The molecule has 0 aliphatic carbocycles. The van der Waals surface area contributed by atoms with E-state index in [1.54, 1.807) is 36.4 Å². The van der Waals surface area contributed by atoms with Crippen LogP contribution < -0.4 is 24.8 Å². The molecule has 190 valence electrons. The normalized spacial score (nSPS) is 10.7. The number of ether oxygens (including phenoxy) is 3. The average molecular weight is 568 g/mol. The highest BCUT2D eigenvalue weighted by Crippen LogP contribution is 2.37. The Bertz CT molecular complexity index is 1340. The van der Waals surface area contributed by atoms with E-state index in [0.29, 0.717) is 33.8 Å². The Kier molecular flexibility index (Phi) is 9.63. The Balaban J connectivity index is 1.70. The first kappa shape index (κ1) is 27.2. The number of nitrogens with zero attached hydrogens (tertiary/aromatic N) is 1. The molecule has 2 amide bonds. The number of halogens is 2. The Morgan fingerprint density at radius 1 is 1.03 bits per heavy atom. The number of carbonyl (C=O) groups is 2. The minimum Gasteiger partial charge on any atom is -0.494 e. The summed E-state index contributed by atoms with van der Waals surface area (Å²) in [7, 11) is 1.42. The number of amides is 2. The zero-order valence-corrected chi connectivity index (χ0v) is 21.6. The lowest BCUT2D eigenvalue weighted by atomic mass is 10.1. The van der Waals surface area contributed by atoms with E-state index in [9.17, 15) is 19.2 Å². The van der Waals surface area contributed by atoms with Gasteiger partial charge in [-0.15, -0.1) is 0 Å². The smallest absolute Gasteiger partial charge is 0.266 e. The number of rotatable bonds is 10. The molecule has 0 fully saturated rings. The summed E-state index contributed by atoms with van der Waals surface area (Å²) in [6.45, 7) is 2.06. The van der Waals surface area contributed by atoms with E-state index in [2.05, 4.69) is 26.6 Å². The maximum atomic E-state index is 13.0. The zero-order valence-electron chi connectivity index (χ0n) is 20.0. The molecule has 0 aliphatic heterocycles. The summed E-state index contributed by atoms with van der Waals surface area (Å²) < 4.78 is 29.9. The Morgan fingerprint density at radius 3 is 2.30 bits per heavy atom. The van der Waals surface area contributed by atoms with E-state index in [1.807, 2.05) is 13.0 Å². The molecular weight excluding hydrogens is 545 g/mol. The first-order valence-corrected chi connectivity index (χ1v) is 11.8. The highest BCUT2D eigenvalue weighted by molar-refractivity contribution is 9.10. The number of hydrogen-bond acceptors (Lipinski definition) is 6. The van der Waals surface area contributed by atoms with Crippen molar-refractivity contribution in [1.29, 1.82) is 5.26 Å². The van der Waals surface area contributed by atoms with Gasteiger partial charge in [-0.05, 0) is 95.2 Å². The molecule has 0 atom stereocenters. The van der Waals surface area contributed by atoms with Crippen LogP contribution in [0.4, 0.5) is 15.8 Å². The van der Waals surface area contributed by atoms with Crippen LogP contribution in [0.2, 0.25) is 0 Å². The maximum absolute atomic E-state index is 13.0. The molecular formula is C27H23BrFN3O5. The van der Waals surface area contributed by atoms with Crippen molar-refractivity contribution in [2.45, 2.75) is 6.92 Å². The molecule has 3 aromatic rings. The van der Waals surface area contributed by atoms with Gasteiger partial charge in [0.15, 0.2) is 18.1 Å². The van der Waals surface area contributed by atoms with Gasteiger partial charge in [-0.1, -0.05) is 0 Å². The molecule has 0 saturated heterocycles. The SMILES string of the molecule is CCOc1ccc(NC(=O)/C(C#N)=C/c2cc(Br)c(OCC(=O)Nc3ccc(F)cc3)c(OC)c2)cc1. The van der Waals surface area contributed by atoms with Crippen LogP contribution in [0, 0.1) is 17.1 Å². The average Bonchev–Trinajstić information content (AvgIpc) is 2.88. The van der Waals surface area contributed by atoms with Crippen LogP contribution in [0.15, 0.2) is 70.7 Å². The fourth-order valence-electron chi connectivity index (χ4n) is 3.15. The van der Waals surface area contributed by atoms with Crippen molar-refractivity contribution in [1.82, 2.24) is 0 Å². The molecule has 0 saturated carbocycles. The van der Waals surface area contributed by atoms with E-state index in [1.165, 1.54) is 37.5 Å². The zero-order chi connectivity index (χ0) is 26.8. The number of anilines is 2. The quantitative estimate of drug-likeness (QED) is 0.245. The molecule has 0 radical (unpaired) electrons. The lowest BCUT2D eigenvalue weighted by molar-refractivity contribution is -0.118. The van der Waals surface area contributed by atoms with Crippen LogP contribution in [0.3, 0.4) is 0 Å². The predicted molar refractivity (Wildman–Crippen MR) is 141 cm³/mol. The fourth-order valence-corrected chi connectivity index (χ4v) is 3.72. The molecule has 0 bridgehead atoms. The van der Waals surface area contributed by atoms with Gasteiger partial charge in [0.1, 0.15) is 23.2 Å². The number of nitrogens with one attached hydrogen (secondary N) is 2. The molecule has 8 nitrogen and oxygen atoms in total. The van der Waals surface area contributed by atoms with Crippen molar-refractivity contribution < 1.29 is 28.2 Å². The minimum atomic E-state index is -0.584. The van der Waals surface area contributed by atoms with Crippen LogP contribution in [0.5, 0.6) is 17.2 Å². The molecule has 3 aromatic carbocycles. The van der Waals surface area contributed by atoms with Crippen molar-refractivity contribution in [2.24, 2.45) is 0 Å². The van der Waals surface area contributed by atoms with Crippen molar-refractivity contribution in [3.63, 3.8) is 0 Å². The lowest BCUT2D eigenvalue weighted by Crippen LogP contribution is -2.20. The second-order valence-electron chi connectivity index (χ2n) is 7.46. The summed E-state index contributed by atoms with van der Waals surface area (Å²) in [6, 6.07) is 17.2. The predicted octanol–water partition coefficient (Wildman–Crippen LogP) is 5.56. The van der Waals surface area contributed by atoms with Gasteiger partial charge in [0.2, 0.25) is 0 Å². The van der Waals surface area contributed by atoms with Crippen LogP contribution in [0.25, 0.3) is 6.08 Å². The first-order chi connectivity index (χ1) is 17.8. The summed E-state index contributed by atoms with van der Waals surface area (Å²) in [6.07, 6.45) is 1.40. The molecule has 0 aromatic heterocycles. The largest absolute Gasteiger partial charge is 0.494 e. The lowest BCUT2D eigenvalue weighted by Gasteiger charge is -2.14. The highest BCUT2D eigenvalue weighted by Gasteiger charge is 2.15. The number of methoxy groups -OCH3 is 1. The fraction of sp³-hybridized carbons (Fsp3) is 0.148. The van der Waals surface area contributed by atoms with Gasteiger partial charge in [0.25, 0.3) is 11.8 Å². The Hall–Kier alpha value is -4.36. The number of hydrogen-bond donors (Lipinski definition) is 2. The van der Waals surface area contributed by atoms with Gasteiger partial charge >= 0.3 is 0 Å². The third-order valence-electron chi connectivity index (χ3n) is 4.83. The van der Waals surface area contributed by atoms with Crippen molar-refractivity contribution in [3.8, 4) is 23.3 Å². The number of nitriles is 1. The Morgan fingerprint density at radius 2 is 1.68 bits per heavy atom. The summed E-state index contributed by atoms with van der Waals surface area (Å²) in [5.74, 6) is -0.249. The van der Waals surface area contributed by atoms with Crippen molar-refractivity contribution in [3.05, 3.63) is 82.1 Å². The monoisotopic (exact) mass is 567 g/mol. The Labute approximate surface area is 221 Å². The van der Waals surface area contributed by atoms with E-state index in [-0.39, 0.29) is 23.7 Å². The second-order valence-corrected chi connectivity index (χ2v) is 8.31. The molecule has 2 N–H and O–H groups in total. The molecule has 0 aliphatic rings. The molecule has 10 heteroatoms.